The summed E-state index contributed by atoms with van der Waals surface area (Å²) < 4.78 is 0. The van der Waals surface area contributed by atoms with E-state index in [1.54, 1.807) is 14.0 Å². The molecule has 0 bridgehead atoms. The second-order valence-electron chi connectivity index (χ2n) is 5.55. The summed E-state index contributed by atoms with van der Waals surface area (Å²) in [5.74, 6) is -1.48. The maximum absolute atomic E-state index is 12.2. The van der Waals surface area contributed by atoms with E-state index in [1.165, 1.54) is 4.90 Å². The van der Waals surface area contributed by atoms with Gasteiger partial charge in [0.1, 0.15) is 6.04 Å². The number of carboxylic acids is 1. The van der Waals surface area contributed by atoms with Gasteiger partial charge in [0.2, 0.25) is 5.91 Å². The van der Waals surface area contributed by atoms with Gasteiger partial charge in [0.25, 0.3) is 0 Å². The van der Waals surface area contributed by atoms with Gasteiger partial charge in [-0.05, 0) is 18.8 Å². The number of piperidine rings is 1. The van der Waals surface area contributed by atoms with Crippen molar-refractivity contribution in [3.05, 3.63) is 0 Å². The van der Waals surface area contributed by atoms with E-state index in [2.05, 4.69) is 10.6 Å². The monoisotopic (exact) mass is 299 g/mol. The lowest BCUT2D eigenvalue weighted by Gasteiger charge is -2.33. The molecule has 1 rings (SSSR count). The first kappa shape index (κ1) is 17.3. The third-order valence-corrected chi connectivity index (χ3v) is 4.08. The van der Waals surface area contributed by atoms with Crippen LogP contribution < -0.4 is 10.6 Å². The number of carboxylic acid groups (broad SMARTS) is 1. The maximum Gasteiger partial charge on any atom is 0.326 e. The standard InChI is InChI=1S/C14H25N3O4/c1-4-9(2)11(13(19)20)16-14(21)17-7-5-6-10(8-17)12(18)15-3/h9-11H,4-8H2,1-3H3,(H,15,18)(H,16,21)(H,19,20)/t9?,10?,11-/m0/s1. The van der Waals surface area contributed by atoms with Gasteiger partial charge in [-0.25, -0.2) is 9.59 Å². The van der Waals surface area contributed by atoms with Gasteiger partial charge in [0, 0.05) is 20.1 Å². The van der Waals surface area contributed by atoms with Crippen molar-refractivity contribution in [2.45, 2.75) is 39.2 Å². The first-order valence-electron chi connectivity index (χ1n) is 7.40. The Hall–Kier alpha value is -1.79. The van der Waals surface area contributed by atoms with Crippen LogP contribution in [-0.4, -0.2) is 54.1 Å². The number of hydrogen-bond acceptors (Lipinski definition) is 3. The molecule has 120 valence electrons. The highest BCUT2D eigenvalue weighted by Crippen LogP contribution is 2.17. The Morgan fingerprint density at radius 3 is 2.57 bits per heavy atom. The van der Waals surface area contributed by atoms with Crippen LogP contribution in [0.15, 0.2) is 0 Å². The summed E-state index contributed by atoms with van der Waals surface area (Å²) in [5.41, 5.74) is 0. The van der Waals surface area contributed by atoms with Gasteiger partial charge in [-0.3, -0.25) is 4.79 Å². The molecule has 3 amide bonds. The summed E-state index contributed by atoms with van der Waals surface area (Å²) in [4.78, 5) is 36.6. The van der Waals surface area contributed by atoms with Crippen molar-refractivity contribution in [1.82, 2.24) is 15.5 Å². The molecule has 0 aliphatic carbocycles. The zero-order valence-electron chi connectivity index (χ0n) is 12.9. The molecular weight excluding hydrogens is 274 g/mol. The highest BCUT2D eigenvalue weighted by molar-refractivity contribution is 5.84. The molecule has 7 nitrogen and oxygen atoms in total. The largest absolute Gasteiger partial charge is 0.480 e. The number of carbonyl (C=O) groups is 3. The Bertz CT molecular complexity index is 400. The Labute approximate surface area is 125 Å². The Kier molecular flexibility index (Phi) is 6.45. The lowest BCUT2D eigenvalue weighted by Crippen LogP contribution is -2.53. The molecule has 1 saturated heterocycles. The molecule has 0 aromatic carbocycles. The van der Waals surface area contributed by atoms with Gasteiger partial charge in [-0.2, -0.15) is 0 Å². The van der Waals surface area contributed by atoms with Crippen LogP contribution in [0.25, 0.3) is 0 Å². The van der Waals surface area contributed by atoms with Crippen LogP contribution in [0.3, 0.4) is 0 Å². The summed E-state index contributed by atoms with van der Waals surface area (Å²) in [5, 5.41) is 14.4. The normalized spacial score (nSPS) is 21.3. The van der Waals surface area contributed by atoms with E-state index in [4.69, 9.17) is 0 Å². The van der Waals surface area contributed by atoms with Gasteiger partial charge >= 0.3 is 12.0 Å². The van der Waals surface area contributed by atoms with Gasteiger partial charge in [0.05, 0.1) is 5.92 Å². The smallest absolute Gasteiger partial charge is 0.326 e. The van der Waals surface area contributed by atoms with Crippen molar-refractivity contribution in [2.24, 2.45) is 11.8 Å². The highest BCUT2D eigenvalue weighted by Gasteiger charge is 2.31. The van der Waals surface area contributed by atoms with Crippen LogP contribution in [0.4, 0.5) is 4.79 Å². The number of urea groups is 1. The molecule has 0 radical (unpaired) electrons. The zero-order chi connectivity index (χ0) is 16.0. The van der Waals surface area contributed by atoms with Gasteiger partial charge in [-0.15, -0.1) is 0 Å². The molecule has 0 aromatic rings. The predicted molar refractivity (Wildman–Crippen MR) is 77.8 cm³/mol. The fourth-order valence-corrected chi connectivity index (χ4v) is 2.49. The van der Waals surface area contributed by atoms with E-state index in [-0.39, 0.29) is 17.7 Å². The maximum atomic E-state index is 12.2. The molecule has 0 spiro atoms. The molecule has 7 heteroatoms. The number of amides is 3. The van der Waals surface area contributed by atoms with Crippen LogP contribution in [0, 0.1) is 11.8 Å². The number of nitrogens with one attached hydrogen (secondary N) is 2. The van der Waals surface area contributed by atoms with E-state index in [0.717, 1.165) is 12.8 Å². The molecule has 1 aliphatic heterocycles. The van der Waals surface area contributed by atoms with Crippen molar-refractivity contribution in [3.8, 4) is 0 Å². The van der Waals surface area contributed by atoms with Crippen LogP contribution in [0.1, 0.15) is 33.1 Å². The van der Waals surface area contributed by atoms with Crippen LogP contribution in [0.5, 0.6) is 0 Å². The minimum Gasteiger partial charge on any atom is -0.480 e. The lowest BCUT2D eigenvalue weighted by atomic mass is 9.97. The average molecular weight is 299 g/mol. The molecule has 1 fully saturated rings. The number of carbonyl (C=O) groups excluding carboxylic acids is 2. The van der Waals surface area contributed by atoms with E-state index in [0.29, 0.717) is 19.5 Å². The van der Waals surface area contributed by atoms with Gasteiger partial charge < -0.3 is 20.6 Å². The summed E-state index contributed by atoms with van der Waals surface area (Å²) in [6.07, 6.45) is 2.15. The van der Waals surface area contributed by atoms with E-state index in [1.807, 2.05) is 6.92 Å². The summed E-state index contributed by atoms with van der Waals surface area (Å²) in [6.45, 7) is 4.56. The first-order valence-corrected chi connectivity index (χ1v) is 7.40. The average Bonchev–Trinajstić information content (AvgIpc) is 2.50. The third kappa shape index (κ3) is 4.61. The first-order chi connectivity index (χ1) is 9.90. The van der Waals surface area contributed by atoms with E-state index < -0.39 is 18.0 Å². The molecule has 3 N–H and O–H groups in total. The molecule has 21 heavy (non-hydrogen) atoms. The second-order valence-corrected chi connectivity index (χ2v) is 5.55. The fourth-order valence-electron chi connectivity index (χ4n) is 2.49. The zero-order valence-corrected chi connectivity index (χ0v) is 12.9. The van der Waals surface area contributed by atoms with Crippen molar-refractivity contribution >= 4 is 17.9 Å². The topological polar surface area (TPSA) is 98.7 Å². The minimum atomic E-state index is -1.03. The van der Waals surface area contributed by atoms with Gasteiger partial charge in [-0.1, -0.05) is 20.3 Å². The molecule has 3 atom stereocenters. The molecular formula is C14H25N3O4. The quantitative estimate of drug-likeness (QED) is 0.694. The van der Waals surface area contributed by atoms with Crippen molar-refractivity contribution < 1.29 is 19.5 Å². The van der Waals surface area contributed by atoms with Gasteiger partial charge in [0.15, 0.2) is 0 Å². The Morgan fingerprint density at radius 2 is 2.05 bits per heavy atom. The van der Waals surface area contributed by atoms with Crippen molar-refractivity contribution in [1.29, 1.82) is 0 Å². The molecule has 1 heterocycles. The lowest BCUT2D eigenvalue weighted by molar-refractivity contribution is -0.140. The number of hydrogen-bond donors (Lipinski definition) is 3. The number of nitrogens with zero attached hydrogens (tertiary/aromatic N) is 1. The second kappa shape index (κ2) is 7.85. The molecule has 0 aromatic heterocycles. The summed E-state index contributed by atoms with van der Waals surface area (Å²) in [6, 6.07) is -1.31. The molecule has 2 unspecified atom stereocenters. The third-order valence-electron chi connectivity index (χ3n) is 4.08. The van der Waals surface area contributed by atoms with E-state index >= 15 is 0 Å². The fraction of sp³-hybridized carbons (Fsp3) is 0.786. The van der Waals surface area contributed by atoms with Crippen LogP contribution >= 0.6 is 0 Å². The summed E-state index contributed by atoms with van der Waals surface area (Å²) in [7, 11) is 1.57. The summed E-state index contributed by atoms with van der Waals surface area (Å²) >= 11 is 0. The van der Waals surface area contributed by atoms with Crippen molar-refractivity contribution in [3.63, 3.8) is 0 Å². The molecule has 1 aliphatic rings. The predicted octanol–water partition coefficient (Wildman–Crippen LogP) is 0.653. The molecule has 0 saturated carbocycles. The van der Waals surface area contributed by atoms with Crippen LogP contribution in [-0.2, 0) is 9.59 Å². The highest BCUT2D eigenvalue weighted by atomic mass is 16.4. The van der Waals surface area contributed by atoms with Crippen molar-refractivity contribution in [2.75, 3.05) is 20.1 Å². The van der Waals surface area contributed by atoms with Crippen LogP contribution in [0.2, 0.25) is 0 Å². The number of aliphatic carboxylic acids is 1. The minimum absolute atomic E-state index is 0.0794. The Balaban J connectivity index is 2.65. The van der Waals surface area contributed by atoms with E-state index in [9.17, 15) is 19.5 Å². The Morgan fingerprint density at radius 1 is 1.38 bits per heavy atom. The SMILES string of the molecule is CCC(C)[C@H](NC(=O)N1CCCC(C(=O)NC)C1)C(=O)O. The number of rotatable bonds is 5. The number of likely N-dealkylation sites (tertiary alicyclic amines) is 1.